The SMILES string of the molecule is CC[C@H](C)[C@@H]1NC(=O)[C@H](Cc2ccc(OC)cc2)NC(=O)[C@H](C(C)C)NC(=O)[C@H](CCCCN)NC(=O)[C@H](CCC(=O)O)NC(=O)[C@@H]2CCCN2C(=O)[C@H](Cc2cnc[nH]2)NC1=O. The van der Waals surface area contributed by atoms with E-state index in [1.165, 1.54) is 24.5 Å². The molecule has 1 aromatic heterocycles. The molecule has 4 rings (SSSR count). The van der Waals surface area contributed by atoms with E-state index >= 15 is 0 Å². The predicted octanol–water partition coefficient (Wildman–Crippen LogP) is -0.187. The van der Waals surface area contributed by atoms with Gasteiger partial charge in [-0.1, -0.05) is 46.2 Å². The van der Waals surface area contributed by atoms with Gasteiger partial charge < -0.3 is 57.4 Å². The highest BCUT2D eigenvalue weighted by Gasteiger charge is 2.41. The van der Waals surface area contributed by atoms with Crippen molar-refractivity contribution < 1.29 is 48.2 Å². The molecular formula is C43H64N10O10. The van der Waals surface area contributed by atoms with Gasteiger partial charge >= 0.3 is 5.97 Å². The predicted molar refractivity (Wildman–Crippen MR) is 229 cm³/mol. The molecule has 2 saturated heterocycles. The number of rotatable bonds is 15. The first kappa shape index (κ1) is 49.6. The molecule has 8 atom stereocenters. The van der Waals surface area contributed by atoms with Crippen LogP contribution in [0.25, 0.3) is 0 Å². The second-order valence-corrected chi connectivity index (χ2v) is 16.6. The van der Waals surface area contributed by atoms with Crippen LogP contribution in [0.4, 0.5) is 0 Å². The molecular weight excluding hydrogens is 817 g/mol. The number of aromatic amines is 1. The van der Waals surface area contributed by atoms with Crippen molar-refractivity contribution in [3.63, 3.8) is 0 Å². The molecule has 346 valence electrons. The third-order valence-electron chi connectivity index (χ3n) is 11.6. The number of fused-ring (bicyclic) bond motifs is 1. The molecule has 20 nitrogen and oxygen atoms in total. The summed E-state index contributed by atoms with van der Waals surface area (Å²) in [6.45, 7) is 7.42. The van der Waals surface area contributed by atoms with Gasteiger partial charge in [-0.05, 0) is 74.6 Å². The molecule has 0 aliphatic carbocycles. The maximum absolute atomic E-state index is 14.5. The van der Waals surface area contributed by atoms with Crippen molar-refractivity contribution in [2.45, 2.75) is 134 Å². The molecule has 1 aromatic carbocycles. The summed E-state index contributed by atoms with van der Waals surface area (Å²) in [4.78, 5) is 120. The van der Waals surface area contributed by atoms with Crippen LogP contribution in [-0.4, -0.2) is 130 Å². The molecule has 0 radical (unpaired) electrons. The van der Waals surface area contributed by atoms with Crippen molar-refractivity contribution in [1.82, 2.24) is 46.8 Å². The minimum absolute atomic E-state index is 0.0248. The fourth-order valence-electron chi connectivity index (χ4n) is 7.63. The average molecular weight is 881 g/mol. The Labute approximate surface area is 367 Å². The van der Waals surface area contributed by atoms with E-state index in [1.807, 2.05) is 6.92 Å². The Morgan fingerprint density at radius 2 is 1.40 bits per heavy atom. The number of ether oxygens (including phenoxy) is 1. The van der Waals surface area contributed by atoms with Crippen molar-refractivity contribution in [3.8, 4) is 5.75 Å². The lowest BCUT2D eigenvalue weighted by Crippen LogP contribution is -2.61. The number of nitrogens with two attached hydrogens (primary N) is 1. The third kappa shape index (κ3) is 14.2. The van der Waals surface area contributed by atoms with Crippen LogP contribution in [0.5, 0.6) is 5.75 Å². The largest absolute Gasteiger partial charge is 0.497 e. The van der Waals surface area contributed by atoms with Crippen molar-refractivity contribution in [1.29, 1.82) is 0 Å². The Bertz CT molecular complexity index is 1890. The standard InChI is InChI=1S/C43H64N10O10/c1-6-25(4)36-42(61)50-32(21-27-22-45-23-46-27)43(62)53-19-9-11-33(53)40(59)48-30(16-17-34(54)55)37(56)47-29(10-7-8-18-44)38(57)51-35(24(2)3)41(60)49-31(39(58)52-36)20-26-12-14-28(63-5)15-13-26/h12-15,22-25,29-33,35-36H,6-11,16-21,44H2,1-5H3,(H,45,46)(H,47,56)(H,48,59)(H,49,60)(H,50,61)(H,51,57)(H,52,58)(H,54,55)/t25-,29-,30-,31-,32-,33-,35-,36-/m0/s1. The molecule has 63 heavy (non-hydrogen) atoms. The Balaban J connectivity index is 1.82. The Hall–Kier alpha value is -6.05. The van der Waals surface area contributed by atoms with E-state index in [9.17, 15) is 43.5 Å². The quantitative estimate of drug-likeness (QED) is 0.105. The number of amides is 7. The number of carboxylic acid groups (broad SMARTS) is 1. The second-order valence-electron chi connectivity index (χ2n) is 16.6. The zero-order chi connectivity index (χ0) is 46.2. The fraction of sp³-hybridized carbons (Fsp3) is 0.605. The molecule has 0 bridgehead atoms. The average Bonchev–Trinajstić information content (AvgIpc) is 3.97. The molecule has 2 aliphatic rings. The van der Waals surface area contributed by atoms with Crippen LogP contribution in [0.2, 0.25) is 0 Å². The summed E-state index contributed by atoms with van der Waals surface area (Å²) in [6, 6.07) is -1.82. The van der Waals surface area contributed by atoms with E-state index in [0.717, 1.165) is 0 Å². The maximum atomic E-state index is 14.5. The highest BCUT2D eigenvalue weighted by molar-refractivity contribution is 5.99. The molecule has 0 saturated carbocycles. The third-order valence-corrected chi connectivity index (χ3v) is 11.6. The van der Waals surface area contributed by atoms with E-state index in [1.54, 1.807) is 45.0 Å². The number of methoxy groups -OCH3 is 1. The summed E-state index contributed by atoms with van der Waals surface area (Å²) < 4.78 is 5.29. The van der Waals surface area contributed by atoms with Crippen LogP contribution in [0.15, 0.2) is 36.8 Å². The lowest BCUT2D eigenvalue weighted by atomic mass is 9.96. The zero-order valence-electron chi connectivity index (χ0n) is 36.7. The van der Waals surface area contributed by atoms with Gasteiger partial charge in [0.25, 0.3) is 0 Å². The number of imidazole rings is 1. The highest BCUT2D eigenvalue weighted by atomic mass is 16.5. The molecule has 2 aliphatic heterocycles. The van der Waals surface area contributed by atoms with Gasteiger partial charge in [-0.2, -0.15) is 0 Å². The molecule has 0 unspecified atom stereocenters. The van der Waals surface area contributed by atoms with Crippen LogP contribution >= 0.6 is 0 Å². The molecule has 2 fully saturated rings. The summed E-state index contributed by atoms with van der Waals surface area (Å²) in [5.74, 6) is -6.67. The maximum Gasteiger partial charge on any atom is 0.303 e. The molecule has 3 heterocycles. The van der Waals surface area contributed by atoms with Crippen molar-refractivity contribution in [2.24, 2.45) is 17.6 Å². The van der Waals surface area contributed by atoms with Gasteiger partial charge in [-0.3, -0.25) is 38.4 Å². The lowest BCUT2D eigenvalue weighted by molar-refractivity contribution is -0.143. The van der Waals surface area contributed by atoms with Gasteiger partial charge in [0.15, 0.2) is 0 Å². The molecule has 10 N–H and O–H groups in total. The van der Waals surface area contributed by atoms with Gasteiger partial charge in [0.05, 0.1) is 13.4 Å². The summed E-state index contributed by atoms with van der Waals surface area (Å²) in [6.07, 6.45) is 4.01. The molecule has 7 amide bonds. The molecule has 2 aromatic rings. The number of carbonyl (C=O) groups excluding carboxylic acids is 7. The number of benzene rings is 1. The van der Waals surface area contributed by atoms with Gasteiger partial charge in [0.1, 0.15) is 48.0 Å². The Kier molecular flexibility index (Phi) is 18.9. The minimum Gasteiger partial charge on any atom is -0.497 e. The minimum atomic E-state index is -1.43. The van der Waals surface area contributed by atoms with E-state index in [4.69, 9.17) is 10.5 Å². The topological polar surface area (TPSA) is 296 Å². The van der Waals surface area contributed by atoms with Crippen LogP contribution in [-0.2, 0) is 51.2 Å². The number of nitrogens with zero attached hydrogens (tertiary/aromatic N) is 2. The number of carboxylic acids is 1. The van der Waals surface area contributed by atoms with Gasteiger partial charge in [-0.25, -0.2) is 4.98 Å². The lowest BCUT2D eigenvalue weighted by Gasteiger charge is -2.32. The van der Waals surface area contributed by atoms with Crippen LogP contribution in [0.3, 0.4) is 0 Å². The number of nitrogens with one attached hydrogen (secondary N) is 7. The van der Waals surface area contributed by atoms with Crippen molar-refractivity contribution >= 4 is 47.3 Å². The summed E-state index contributed by atoms with van der Waals surface area (Å²) in [5, 5.41) is 26.1. The number of carbonyl (C=O) groups is 8. The first-order valence-electron chi connectivity index (χ1n) is 21.7. The van der Waals surface area contributed by atoms with Crippen LogP contribution in [0, 0.1) is 11.8 Å². The first-order valence-corrected chi connectivity index (χ1v) is 21.7. The van der Waals surface area contributed by atoms with Crippen LogP contribution < -0.4 is 42.4 Å². The van der Waals surface area contributed by atoms with Crippen LogP contribution in [0.1, 0.15) is 90.3 Å². The number of hydrogen-bond donors (Lipinski definition) is 9. The zero-order valence-corrected chi connectivity index (χ0v) is 36.7. The Morgan fingerprint density at radius 3 is 2.02 bits per heavy atom. The van der Waals surface area contributed by atoms with E-state index < -0.39 is 108 Å². The van der Waals surface area contributed by atoms with Gasteiger partial charge in [0.2, 0.25) is 41.4 Å². The number of aromatic nitrogens is 2. The summed E-state index contributed by atoms with van der Waals surface area (Å²) in [7, 11) is 1.51. The van der Waals surface area contributed by atoms with Crippen molar-refractivity contribution in [2.75, 3.05) is 20.2 Å². The van der Waals surface area contributed by atoms with Crippen molar-refractivity contribution in [3.05, 3.63) is 48.0 Å². The summed E-state index contributed by atoms with van der Waals surface area (Å²) in [5.41, 5.74) is 6.88. The first-order chi connectivity index (χ1) is 30.1. The number of hydrogen-bond acceptors (Lipinski definition) is 11. The number of aliphatic carboxylic acids is 1. The van der Waals surface area contributed by atoms with E-state index in [2.05, 4.69) is 41.9 Å². The van der Waals surface area contributed by atoms with E-state index in [-0.39, 0.29) is 38.6 Å². The second kappa shape index (κ2) is 24.0. The summed E-state index contributed by atoms with van der Waals surface area (Å²) >= 11 is 0. The molecule has 0 spiro atoms. The Morgan fingerprint density at radius 1 is 0.794 bits per heavy atom. The van der Waals surface area contributed by atoms with Gasteiger partial charge in [0, 0.05) is 37.7 Å². The fourth-order valence-corrected chi connectivity index (χ4v) is 7.63. The normalized spacial score (nSPS) is 25.1. The van der Waals surface area contributed by atoms with E-state index in [0.29, 0.717) is 49.2 Å². The molecule has 20 heteroatoms. The highest BCUT2D eigenvalue weighted by Crippen LogP contribution is 2.21. The van der Waals surface area contributed by atoms with Gasteiger partial charge in [-0.15, -0.1) is 0 Å². The number of unbranched alkanes of at least 4 members (excludes halogenated alkanes) is 1. The smallest absolute Gasteiger partial charge is 0.303 e. The number of H-pyrrole nitrogens is 1. The monoisotopic (exact) mass is 880 g/mol.